The lowest BCUT2D eigenvalue weighted by molar-refractivity contribution is -0.191. The molecule has 3 rings (SSSR count). The largest absolute Gasteiger partial charge is 0.373 e. The van der Waals surface area contributed by atoms with Gasteiger partial charge in [-0.2, -0.15) is 9.59 Å². The maximum absolute atomic E-state index is 12.2. The van der Waals surface area contributed by atoms with E-state index in [1.807, 2.05) is 44.2 Å². The van der Waals surface area contributed by atoms with Crippen molar-refractivity contribution in [1.82, 2.24) is 9.55 Å². The SMILES string of the molecule is CC[C@@]1(N=[N+]=[N-])O[C@@H](n2ccc(=O)[nH]c2=O)[C@@H](C)[C@@H]1c1ccccc1.O=C=O. The van der Waals surface area contributed by atoms with Gasteiger partial charge in [-0.25, -0.2) is 4.79 Å². The van der Waals surface area contributed by atoms with E-state index in [-0.39, 0.29) is 18.0 Å². The van der Waals surface area contributed by atoms with E-state index in [2.05, 4.69) is 15.0 Å². The summed E-state index contributed by atoms with van der Waals surface area (Å²) in [6.45, 7) is 3.83. The standard InChI is InChI=1S/C17H19N5O3.CO2/c1-3-17(20-21-18)14(12-7-5-4-6-8-12)11(2)15(25-17)22-10-9-13(23)19-16(22)24;2-1-3/h4-11,14-15H,3H2,1-2H3,(H,19,23,24);/t11-,14+,15+,17+;/m0./s1. The first-order valence-corrected chi connectivity index (χ1v) is 8.53. The molecule has 28 heavy (non-hydrogen) atoms. The third kappa shape index (κ3) is 3.94. The zero-order chi connectivity index (χ0) is 20.7. The van der Waals surface area contributed by atoms with E-state index >= 15 is 0 Å². The molecule has 1 aliphatic rings. The Balaban J connectivity index is 0.000000878. The molecule has 0 saturated carbocycles. The predicted octanol–water partition coefficient (Wildman–Crippen LogP) is 2.32. The Morgan fingerprint density at radius 3 is 2.46 bits per heavy atom. The summed E-state index contributed by atoms with van der Waals surface area (Å²) in [4.78, 5) is 45.0. The van der Waals surface area contributed by atoms with E-state index < -0.39 is 23.2 Å². The summed E-state index contributed by atoms with van der Waals surface area (Å²) in [7, 11) is 0. The lowest BCUT2D eigenvalue weighted by atomic mass is 9.80. The van der Waals surface area contributed by atoms with Crippen LogP contribution in [-0.4, -0.2) is 21.4 Å². The number of H-pyrrole nitrogens is 1. The van der Waals surface area contributed by atoms with Crippen LogP contribution in [0.25, 0.3) is 10.4 Å². The Morgan fingerprint density at radius 2 is 1.93 bits per heavy atom. The second-order valence-corrected chi connectivity index (χ2v) is 6.24. The highest BCUT2D eigenvalue weighted by atomic mass is 16.5. The molecule has 0 bridgehead atoms. The van der Waals surface area contributed by atoms with E-state index in [0.717, 1.165) is 5.56 Å². The molecule has 1 fully saturated rings. The fraction of sp³-hybridized carbons (Fsp3) is 0.389. The van der Waals surface area contributed by atoms with Gasteiger partial charge in [0.05, 0.1) is 0 Å². The second-order valence-electron chi connectivity index (χ2n) is 6.24. The molecule has 0 radical (unpaired) electrons. The number of aromatic nitrogens is 2. The number of hydrogen-bond donors (Lipinski definition) is 1. The zero-order valence-corrected chi connectivity index (χ0v) is 15.3. The van der Waals surface area contributed by atoms with E-state index in [1.54, 1.807) is 0 Å². The van der Waals surface area contributed by atoms with Gasteiger partial charge in [0.25, 0.3) is 5.56 Å². The van der Waals surface area contributed by atoms with Crippen molar-refractivity contribution in [3.05, 3.63) is 79.4 Å². The van der Waals surface area contributed by atoms with Crippen LogP contribution in [0.2, 0.25) is 0 Å². The Kier molecular flexibility index (Phi) is 6.68. The summed E-state index contributed by atoms with van der Waals surface area (Å²) in [5, 5.41) is 3.98. The van der Waals surface area contributed by atoms with Crippen molar-refractivity contribution >= 4 is 6.15 Å². The van der Waals surface area contributed by atoms with E-state index in [0.29, 0.717) is 6.42 Å². The summed E-state index contributed by atoms with van der Waals surface area (Å²) in [5.41, 5.74) is 7.94. The number of nitrogens with zero attached hydrogens (tertiary/aromatic N) is 4. The summed E-state index contributed by atoms with van der Waals surface area (Å²) in [6, 6.07) is 10.9. The van der Waals surface area contributed by atoms with Crippen LogP contribution in [0.1, 0.15) is 38.0 Å². The minimum atomic E-state index is -1.10. The summed E-state index contributed by atoms with van der Waals surface area (Å²) in [5.74, 6) is -0.380. The molecule has 1 N–H and O–H groups in total. The molecule has 1 saturated heterocycles. The van der Waals surface area contributed by atoms with E-state index in [9.17, 15) is 9.59 Å². The zero-order valence-electron chi connectivity index (χ0n) is 15.3. The maximum Gasteiger partial charge on any atom is 0.373 e. The van der Waals surface area contributed by atoms with Crippen LogP contribution in [-0.2, 0) is 14.3 Å². The fourth-order valence-corrected chi connectivity index (χ4v) is 3.66. The highest BCUT2D eigenvalue weighted by Crippen LogP contribution is 2.53. The molecular formula is C18H19N5O5. The molecule has 0 aliphatic carbocycles. The summed E-state index contributed by atoms with van der Waals surface area (Å²) in [6.07, 6.45) is 1.46. The molecule has 10 heteroatoms. The van der Waals surface area contributed by atoms with Gasteiger partial charge in [0.15, 0.2) is 5.72 Å². The van der Waals surface area contributed by atoms with Crippen LogP contribution in [0.3, 0.4) is 0 Å². The molecular weight excluding hydrogens is 366 g/mol. The lowest BCUT2D eigenvalue weighted by Gasteiger charge is -2.29. The summed E-state index contributed by atoms with van der Waals surface area (Å²) >= 11 is 0. The van der Waals surface area contributed by atoms with Crippen molar-refractivity contribution in [2.24, 2.45) is 11.0 Å². The first-order valence-electron chi connectivity index (χ1n) is 8.53. The van der Waals surface area contributed by atoms with Gasteiger partial charge in [0, 0.05) is 29.0 Å². The number of nitrogens with one attached hydrogen (secondary N) is 1. The molecule has 1 aromatic carbocycles. The van der Waals surface area contributed by atoms with Gasteiger partial charge in [-0.1, -0.05) is 49.3 Å². The van der Waals surface area contributed by atoms with Gasteiger partial charge in [-0.3, -0.25) is 14.3 Å². The van der Waals surface area contributed by atoms with Gasteiger partial charge in [0.2, 0.25) is 0 Å². The first kappa shape index (κ1) is 20.9. The number of benzene rings is 1. The van der Waals surface area contributed by atoms with Crippen LogP contribution < -0.4 is 11.2 Å². The maximum atomic E-state index is 12.2. The van der Waals surface area contributed by atoms with Crippen molar-refractivity contribution in [1.29, 1.82) is 0 Å². The van der Waals surface area contributed by atoms with Gasteiger partial charge in [-0.15, -0.1) is 0 Å². The van der Waals surface area contributed by atoms with Crippen molar-refractivity contribution in [3.63, 3.8) is 0 Å². The molecule has 1 aromatic heterocycles. The normalized spacial score (nSPS) is 25.7. The molecule has 0 spiro atoms. The molecule has 2 heterocycles. The number of hydrogen-bond acceptors (Lipinski definition) is 6. The van der Waals surface area contributed by atoms with Crippen LogP contribution in [0, 0.1) is 5.92 Å². The van der Waals surface area contributed by atoms with Crippen molar-refractivity contribution in [2.45, 2.75) is 38.1 Å². The van der Waals surface area contributed by atoms with Gasteiger partial charge >= 0.3 is 11.8 Å². The third-order valence-corrected chi connectivity index (χ3v) is 4.79. The molecule has 1 aliphatic heterocycles. The van der Waals surface area contributed by atoms with Crippen molar-refractivity contribution in [3.8, 4) is 0 Å². The van der Waals surface area contributed by atoms with Crippen LogP contribution in [0.5, 0.6) is 0 Å². The number of rotatable bonds is 4. The monoisotopic (exact) mass is 385 g/mol. The van der Waals surface area contributed by atoms with Crippen LogP contribution >= 0.6 is 0 Å². The molecule has 0 amide bonds. The average Bonchev–Trinajstić information content (AvgIpc) is 2.96. The highest BCUT2D eigenvalue weighted by molar-refractivity contribution is 5.26. The van der Waals surface area contributed by atoms with Crippen molar-refractivity contribution in [2.75, 3.05) is 0 Å². The Hall–Kier alpha value is -3.45. The lowest BCUT2D eigenvalue weighted by Crippen LogP contribution is -2.34. The Bertz CT molecular complexity index is 1000. The third-order valence-electron chi connectivity index (χ3n) is 4.79. The van der Waals surface area contributed by atoms with E-state index in [4.69, 9.17) is 19.9 Å². The molecule has 0 unspecified atom stereocenters. The van der Waals surface area contributed by atoms with Gasteiger partial charge < -0.3 is 4.74 Å². The number of ether oxygens (including phenoxy) is 1. The molecule has 2 aromatic rings. The highest BCUT2D eigenvalue weighted by Gasteiger charge is 2.53. The van der Waals surface area contributed by atoms with Gasteiger partial charge in [0.1, 0.15) is 6.23 Å². The van der Waals surface area contributed by atoms with E-state index in [1.165, 1.54) is 16.8 Å². The smallest absolute Gasteiger partial charge is 0.344 e. The minimum Gasteiger partial charge on any atom is -0.344 e. The first-order chi connectivity index (χ1) is 13.4. The fourth-order valence-electron chi connectivity index (χ4n) is 3.66. The van der Waals surface area contributed by atoms with Crippen LogP contribution in [0.4, 0.5) is 0 Å². The summed E-state index contributed by atoms with van der Waals surface area (Å²) < 4.78 is 7.48. The van der Waals surface area contributed by atoms with Gasteiger partial charge in [-0.05, 0) is 17.5 Å². The number of azide groups is 1. The second kappa shape index (κ2) is 8.96. The quantitative estimate of drug-likeness (QED) is 0.487. The average molecular weight is 385 g/mol. The number of carbonyl (C=O) groups excluding carboxylic acids is 2. The van der Waals surface area contributed by atoms with Crippen molar-refractivity contribution < 1.29 is 14.3 Å². The predicted molar refractivity (Wildman–Crippen MR) is 97.0 cm³/mol. The molecule has 4 atom stereocenters. The Morgan fingerprint density at radius 1 is 1.29 bits per heavy atom. The molecule has 146 valence electrons. The minimum absolute atomic E-state index is 0.156. The molecule has 10 nitrogen and oxygen atoms in total. The Labute approximate surface area is 159 Å². The topological polar surface area (TPSA) is 147 Å². The van der Waals surface area contributed by atoms with Crippen LogP contribution in [0.15, 0.2) is 57.3 Å². The number of aromatic amines is 1.